The van der Waals surface area contributed by atoms with Gasteiger partial charge in [-0.2, -0.15) is 0 Å². The fourth-order valence-corrected chi connectivity index (χ4v) is 4.90. The lowest BCUT2D eigenvalue weighted by atomic mass is 9.86. The maximum absolute atomic E-state index is 12.0. The highest BCUT2D eigenvalue weighted by atomic mass is 16.1. The van der Waals surface area contributed by atoms with Crippen LogP contribution in [0, 0.1) is 17.8 Å². The molecule has 0 aliphatic heterocycles. The highest BCUT2D eigenvalue weighted by molar-refractivity contribution is 5.76. The summed E-state index contributed by atoms with van der Waals surface area (Å²) in [5.74, 6) is 2.79. The third-order valence-corrected chi connectivity index (χ3v) is 6.07. The van der Waals surface area contributed by atoms with Crippen molar-refractivity contribution in [2.24, 2.45) is 17.8 Å². The lowest BCUT2D eigenvalue weighted by Gasteiger charge is -2.21. The first-order chi connectivity index (χ1) is 10.3. The molecule has 21 heavy (non-hydrogen) atoms. The van der Waals surface area contributed by atoms with E-state index in [1.807, 2.05) is 0 Å². The molecule has 0 aromatic carbocycles. The number of fused-ring (bicyclic) bond motifs is 2. The second-order valence-corrected chi connectivity index (χ2v) is 7.63. The van der Waals surface area contributed by atoms with Gasteiger partial charge in [-0.15, -0.1) is 0 Å². The third kappa shape index (κ3) is 4.45. The summed E-state index contributed by atoms with van der Waals surface area (Å²) in [6, 6.07) is 0.690. The zero-order valence-corrected chi connectivity index (χ0v) is 13.4. The molecule has 3 rings (SSSR count). The summed E-state index contributed by atoms with van der Waals surface area (Å²) < 4.78 is 0. The molecule has 0 spiro atoms. The zero-order valence-electron chi connectivity index (χ0n) is 13.4. The van der Waals surface area contributed by atoms with E-state index in [9.17, 15) is 4.79 Å². The SMILES string of the molecule is O=C(CC1CC2CCC1C2)NCCNC1CCCCCC1. The minimum Gasteiger partial charge on any atom is -0.355 e. The quantitative estimate of drug-likeness (QED) is 0.583. The fraction of sp³-hybridized carbons (Fsp3) is 0.944. The molecule has 3 heteroatoms. The van der Waals surface area contributed by atoms with E-state index in [4.69, 9.17) is 0 Å². The summed E-state index contributed by atoms with van der Waals surface area (Å²) in [7, 11) is 0. The van der Waals surface area contributed by atoms with E-state index >= 15 is 0 Å². The number of amides is 1. The molecule has 0 saturated heterocycles. The average molecular weight is 292 g/mol. The maximum Gasteiger partial charge on any atom is 0.220 e. The Hall–Kier alpha value is -0.570. The number of hydrogen-bond acceptors (Lipinski definition) is 2. The van der Waals surface area contributed by atoms with Gasteiger partial charge in [0, 0.05) is 25.6 Å². The number of rotatable bonds is 6. The van der Waals surface area contributed by atoms with Crippen LogP contribution in [-0.2, 0) is 4.79 Å². The Morgan fingerprint density at radius 2 is 1.71 bits per heavy atom. The lowest BCUT2D eigenvalue weighted by molar-refractivity contribution is -0.122. The van der Waals surface area contributed by atoms with Crippen LogP contribution in [0.4, 0.5) is 0 Å². The summed E-state index contributed by atoms with van der Waals surface area (Å²) in [4.78, 5) is 12.0. The van der Waals surface area contributed by atoms with Crippen molar-refractivity contribution in [1.82, 2.24) is 10.6 Å². The predicted octanol–water partition coefficient (Wildman–Crippen LogP) is 3.24. The van der Waals surface area contributed by atoms with E-state index < -0.39 is 0 Å². The van der Waals surface area contributed by atoms with Crippen molar-refractivity contribution in [3.05, 3.63) is 0 Å². The van der Waals surface area contributed by atoms with E-state index in [1.54, 1.807) is 0 Å². The first kappa shape index (κ1) is 15.3. The van der Waals surface area contributed by atoms with Crippen LogP contribution in [-0.4, -0.2) is 25.0 Å². The van der Waals surface area contributed by atoms with Gasteiger partial charge in [-0.05, 0) is 49.9 Å². The Morgan fingerprint density at radius 3 is 2.38 bits per heavy atom. The number of hydrogen-bond donors (Lipinski definition) is 2. The highest BCUT2D eigenvalue weighted by Crippen LogP contribution is 2.49. The Morgan fingerprint density at radius 1 is 0.905 bits per heavy atom. The second-order valence-electron chi connectivity index (χ2n) is 7.63. The minimum atomic E-state index is 0.287. The molecule has 2 bridgehead atoms. The van der Waals surface area contributed by atoms with Gasteiger partial charge < -0.3 is 10.6 Å². The number of carbonyl (C=O) groups excluding carboxylic acids is 1. The van der Waals surface area contributed by atoms with Crippen LogP contribution in [0.3, 0.4) is 0 Å². The zero-order chi connectivity index (χ0) is 14.5. The third-order valence-electron chi connectivity index (χ3n) is 6.07. The van der Waals surface area contributed by atoms with Gasteiger partial charge in [-0.25, -0.2) is 0 Å². The van der Waals surface area contributed by atoms with Crippen LogP contribution in [0.5, 0.6) is 0 Å². The standard InChI is InChI=1S/C18H32N2O/c21-18(13-16-12-14-7-8-15(16)11-14)20-10-9-19-17-5-3-1-2-4-6-17/h14-17,19H,1-13H2,(H,20,21). The second kappa shape index (κ2) is 7.62. The highest BCUT2D eigenvalue weighted by Gasteiger charge is 2.39. The topological polar surface area (TPSA) is 41.1 Å². The molecule has 3 unspecified atom stereocenters. The monoisotopic (exact) mass is 292 g/mol. The van der Waals surface area contributed by atoms with Crippen LogP contribution < -0.4 is 10.6 Å². The molecule has 3 atom stereocenters. The van der Waals surface area contributed by atoms with Crippen molar-refractivity contribution in [2.75, 3.05) is 13.1 Å². The average Bonchev–Trinajstić information content (AvgIpc) is 2.99. The molecule has 0 aromatic rings. The molecule has 0 radical (unpaired) electrons. The molecule has 120 valence electrons. The van der Waals surface area contributed by atoms with Gasteiger partial charge in [-0.3, -0.25) is 4.79 Å². The minimum absolute atomic E-state index is 0.287. The summed E-state index contributed by atoms with van der Waals surface area (Å²) in [5, 5.41) is 6.75. The Labute approximate surface area is 129 Å². The Bertz CT molecular complexity index is 336. The lowest BCUT2D eigenvalue weighted by Crippen LogP contribution is -2.37. The number of nitrogens with one attached hydrogen (secondary N) is 2. The summed E-state index contributed by atoms with van der Waals surface area (Å²) in [6.07, 6.45) is 14.5. The van der Waals surface area contributed by atoms with Crippen LogP contribution in [0.1, 0.15) is 70.6 Å². The molecule has 3 aliphatic rings. The summed E-state index contributed by atoms with van der Waals surface area (Å²) in [5.41, 5.74) is 0. The van der Waals surface area contributed by atoms with Gasteiger partial charge in [0.2, 0.25) is 5.91 Å². The van der Waals surface area contributed by atoms with Crippen molar-refractivity contribution in [1.29, 1.82) is 0 Å². The smallest absolute Gasteiger partial charge is 0.220 e. The van der Waals surface area contributed by atoms with Gasteiger partial charge in [0.05, 0.1) is 0 Å². The molecule has 3 fully saturated rings. The normalized spacial score (nSPS) is 33.0. The van der Waals surface area contributed by atoms with Gasteiger partial charge in [0.25, 0.3) is 0 Å². The number of carbonyl (C=O) groups is 1. The molecule has 0 aromatic heterocycles. The van der Waals surface area contributed by atoms with Gasteiger partial charge in [0.1, 0.15) is 0 Å². The molecule has 2 N–H and O–H groups in total. The first-order valence-corrected chi connectivity index (χ1v) is 9.31. The van der Waals surface area contributed by atoms with Crippen molar-refractivity contribution in [3.8, 4) is 0 Å². The van der Waals surface area contributed by atoms with Gasteiger partial charge in [-0.1, -0.05) is 32.1 Å². The molecule has 3 saturated carbocycles. The largest absolute Gasteiger partial charge is 0.355 e. The van der Waals surface area contributed by atoms with Crippen molar-refractivity contribution < 1.29 is 4.79 Å². The van der Waals surface area contributed by atoms with Crippen molar-refractivity contribution in [3.63, 3.8) is 0 Å². The van der Waals surface area contributed by atoms with E-state index in [2.05, 4.69) is 10.6 Å². The van der Waals surface area contributed by atoms with Gasteiger partial charge in [0.15, 0.2) is 0 Å². The van der Waals surface area contributed by atoms with Crippen molar-refractivity contribution >= 4 is 5.91 Å². The van der Waals surface area contributed by atoms with E-state index in [-0.39, 0.29) is 5.91 Å². The van der Waals surface area contributed by atoms with Crippen LogP contribution in [0.2, 0.25) is 0 Å². The van der Waals surface area contributed by atoms with Crippen LogP contribution >= 0.6 is 0 Å². The summed E-state index contributed by atoms with van der Waals surface area (Å²) in [6.45, 7) is 1.74. The summed E-state index contributed by atoms with van der Waals surface area (Å²) >= 11 is 0. The van der Waals surface area contributed by atoms with E-state index in [0.717, 1.165) is 31.3 Å². The molecule has 0 heterocycles. The molecule has 1 amide bonds. The molecular weight excluding hydrogens is 260 g/mol. The maximum atomic E-state index is 12.0. The molecular formula is C18H32N2O. The van der Waals surface area contributed by atoms with E-state index in [0.29, 0.717) is 12.0 Å². The first-order valence-electron chi connectivity index (χ1n) is 9.31. The van der Waals surface area contributed by atoms with Gasteiger partial charge >= 0.3 is 0 Å². The van der Waals surface area contributed by atoms with Crippen molar-refractivity contribution in [2.45, 2.75) is 76.7 Å². The Kier molecular flexibility index (Phi) is 5.56. The fourth-order valence-electron chi connectivity index (χ4n) is 4.90. The molecule has 3 aliphatic carbocycles. The Balaban J connectivity index is 1.26. The van der Waals surface area contributed by atoms with E-state index in [1.165, 1.54) is 64.2 Å². The van der Waals surface area contributed by atoms with Crippen LogP contribution in [0.15, 0.2) is 0 Å². The predicted molar refractivity (Wildman–Crippen MR) is 86.1 cm³/mol. The van der Waals surface area contributed by atoms with Crippen LogP contribution in [0.25, 0.3) is 0 Å². The molecule has 3 nitrogen and oxygen atoms in total.